The van der Waals surface area contributed by atoms with Crippen LogP contribution in [0.4, 0.5) is 0 Å². The number of rotatable bonds is 3. The zero-order valence-electron chi connectivity index (χ0n) is 10.4. The molecule has 0 aliphatic heterocycles. The minimum atomic E-state index is -0.187. The second-order valence-electron chi connectivity index (χ2n) is 4.82. The van der Waals surface area contributed by atoms with Crippen LogP contribution in [0.25, 0.3) is 0 Å². The standard InChI is InChI=1S/C11H14N4O2S/c1-11(2,3)10-14-8(17-15-10)6-12-9(16)7-4-5-13-18-7/h4-5H,6H2,1-3H3,(H,12,16). The van der Waals surface area contributed by atoms with Crippen molar-refractivity contribution < 1.29 is 9.32 Å². The van der Waals surface area contributed by atoms with E-state index in [1.54, 1.807) is 12.3 Å². The molecule has 0 atom stereocenters. The maximum atomic E-state index is 11.7. The lowest BCUT2D eigenvalue weighted by atomic mass is 9.96. The zero-order chi connectivity index (χ0) is 13.2. The predicted molar refractivity (Wildman–Crippen MR) is 66.3 cm³/mol. The summed E-state index contributed by atoms with van der Waals surface area (Å²) in [5.41, 5.74) is -0.163. The first-order chi connectivity index (χ1) is 8.47. The molecule has 0 saturated heterocycles. The molecular formula is C11H14N4O2S. The lowest BCUT2D eigenvalue weighted by Crippen LogP contribution is -2.22. The molecule has 1 N–H and O–H groups in total. The van der Waals surface area contributed by atoms with Crippen molar-refractivity contribution in [2.45, 2.75) is 32.7 Å². The van der Waals surface area contributed by atoms with Crippen molar-refractivity contribution in [2.75, 3.05) is 0 Å². The molecule has 0 aliphatic rings. The fourth-order valence-corrected chi connectivity index (χ4v) is 1.72. The molecule has 96 valence electrons. The summed E-state index contributed by atoms with van der Waals surface area (Å²) in [5.74, 6) is 0.843. The van der Waals surface area contributed by atoms with E-state index >= 15 is 0 Å². The Bertz CT molecular complexity index is 527. The second-order valence-corrected chi connectivity index (χ2v) is 5.65. The van der Waals surface area contributed by atoms with E-state index in [0.717, 1.165) is 11.5 Å². The fourth-order valence-electron chi connectivity index (χ4n) is 1.21. The third-order valence-corrected chi connectivity index (χ3v) is 2.95. The first-order valence-electron chi connectivity index (χ1n) is 5.49. The van der Waals surface area contributed by atoms with Gasteiger partial charge in [-0.2, -0.15) is 4.98 Å². The molecule has 0 spiro atoms. The summed E-state index contributed by atoms with van der Waals surface area (Å²) in [6, 6.07) is 1.66. The van der Waals surface area contributed by atoms with Gasteiger partial charge >= 0.3 is 0 Å². The summed E-state index contributed by atoms with van der Waals surface area (Å²) in [4.78, 5) is 16.4. The van der Waals surface area contributed by atoms with E-state index in [4.69, 9.17) is 4.52 Å². The summed E-state index contributed by atoms with van der Waals surface area (Å²) in [7, 11) is 0. The number of amides is 1. The number of aromatic nitrogens is 3. The van der Waals surface area contributed by atoms with Gasteiger partial charge in [0.15, 0.2) is 5.82 Å². The van der Waals surface area contributed by atoms with Crippen LogP contribution in [-0.2, 0) is 12.0 Å². The van der Waals surface area contributed by atoms with Gasteiger partial charge in [0.25, 0.3) is 5.91 Å². The Hall–Kier alpha value is -1.76. The highest BCUT2D eigenvalue weighted by atomic mass is 32.1. The van der Waals surface area contributed by atoms with Crippen LogP contribution in [0.3, 0.4) is 0 Å². The zero-order valence-corrected chi connectivity index (χ0v) is 11.2. The molecule has 0 radical (unpaired) electrons. The average Bonchev–Trinajstić information content (AvgIpc) is 2.96. The Balaban J connectivity index is 1.95. The van der Waals surface area contributed by atoms with E-state index < -0.39 is 0 Å². The SMILES string of the molecule is CC(C)(C)c1noc(CNC(=O)c2ccns2)n1. The van der Waals surface area contributed by atoms with Crippen molar-refractivity contribution in [1.29, 1.82) is 0 Å². The van der Waals surface area contributed by atoms with E-state index in [-0.39, 0.29) is 17.9 Å². The normalized spacial score (nSPS) is 11.5. The highest BCUT2D eigenvalue weighted by Crippen LogP contribution is 2.18. The van der Waals surface area contributed by atoms with E-state index in [1.807, 2.05) is 20.8 Å². The molecular weight excluding hydrogens is 252 g/mol. The molecule has 0 aliphatic carbocycles. The van der Waals surface area contributed by atoms with Gasteiger partial charge < -0.3 is 9.84 Å². The van der Waals surface area contributed by atoms with Gasteiger partial charge in [-0.15, -0.1) is 0 Å². The monoisotopic (exact) mass is 266 g/mol. The maximum Gasteiger partial charge on any atom is 0.263 e. The average molecular weight is 266 g/mol. The molecule has 0 unspecified atom stereocenters. The smallest absolute Gasteiger partial charge is 0.263 e. The number of hydrogen-bond acceptors (Lipinski definition) is 6. The second kappa shape index (κ2) is 4.85. The molecule has 1 amide bonds. The fraction of sp³-hybridized carbons (Fsp3) is 0.455. The first kappa shape index (κ1) is 12.7. The molecule has 0 bridgehead atoms. The van der Waals surface area contributed by atoms with E-state index in [9.17, 15) is 4.79 Å². The minimum absolute atomic E-state index is 0.163. The Labute approximate surface area is 109 Å². The van der Waals surface area contributed by atoms with Crippen molar-refractivity contribution in [3.05, 3.63) is 28.9 Å². The predicted octanol–water partition coefficient (Wildman–Crippen LogP) is 1.75. The summed E-state index contributed by atoms with van der Waals surface area (Å²) < 4.78 is 8.93. The molecule has 2 heterocycles. The van der Waals surface area contributed by atoms with Crippen LogP contribution in [-0.4, -0.2) is 20.4 Å². The van der Waals surface area contributed by atoms with Gasteiger partial charge in [0, 0.05) is 11.6 Å². The molecule has 6 nitrogen and oxygen atoms in total. The number of carbonyl (C=O) groups is 1. The number of carbonyl (C=O) groups excluding carboxylic acids is 1. The highest BCUT2D eigenvalue weighted by molar-refractivity contribution is 7.08. The van der Waals surface area contributed by atoms with Crippen LogP contribution < -0.4 is 5.32 Å². The maximum absolute atomic E-state index is 11.7. The summed E-state index contributed by atoms with van der Waals surface area (Å²) in [6.45, 7) is 6.21. The Morgan fingerprint density at radius 3 is 2.83 bits per heavy atom. The third kappa shape index (κ3) is 2.92. The molecule has 0 saturated carbocycles. The van der Waals surface area contributed by atoms with Crippen LogP contribution in [0, 0.1) is 0 Å². The quantitative estimate of drug-likeness (QED) is 0.915. The summed E-state index contributed by atoms with van der Waals surface area (Å²) in [6.07, 6.45) is 1.59. The Morgan fingerprint density at radius 1 is 1.50 bits per heavy atom. The topological polar surface area (TPSA) is 80.9 Å². The first-order valence-corrected chi connectivity index (χ1v) is 6.26. The minimum Gasteiger partial charge on any atom is -0.342 e. The lowest BCUT2D eigenvalue weighted by molar-refractivity contribution is 0.0950. The van der Waals surface area contributed by atoms with Crippen molar-refractivity contribution in [1.82, 2.24) is 19.8 Å². The van der Waals surface area contributed by atoms with Crippen LogP contribution in [0.2, 0.25) is 0 Å². The Morgan fingerprint density at radius 2 is 2.28 bits per heavy atom. The summed E-state index contributed by atoms with van der Waals surface area (Å²) in [5, 5.41) is 6.58. The van der Waals surface area contributed by atoms with Gasteiger partial charge in [-0.1, -0.05) is 25.9 Å². The number of nitrogens with one attached hydrogen (secondary N) is 1. The Kier molecular flexibility index (Phi) is 3.42. The van der Waals surface area contributed by atoms with Gasteiger partial charge in [0.05, 0.1) is 6.54 Å². The third-order valence-electron chi connectivity index (χ3n) is 2.20. The molecule has 2 aromatic rings. The number of hydrogen-bond donors (Lipinski definition) is 1. The van der Waals surface area contributed by atoms with E-state index in [0.29, 0.717) is 16.6 Å². The van der Waals surface area contributed by atoms with E-state index in [2.05, 4.69) is 19.8 Å². The van der Waals surface area contributed by atoms with Crippen molar-refractivity contribution in [2.24, 2.45) is 0 Å². The van der Waals surface area contributed by atoms with Crippen LogP contribution in [0.5, 0.6) is 0 Å². The van der Waals surface area contributed by atoms with Gasteiger partial charge in [0.2, 0.25) is 5.89 Å². The largest absolute Gasteiger partial charge is 0.342 e. The van der Waals surface area contributed by atoms with Gasteiger partial charge in [-0.05, 0) is 17.6 Å². The van der Waals surface area contributed by atoms with Crippen LogP contribution in [0.1, 0.15) is 42.2 Å². The molecule has 18 heavy (non-hydrogen) atoms. The van der Waals surface area contributed by atoms with Crippen molar-refractivity contribution in [3.63, 3.8) is 0 Å². The molecule has 2 rings (SSSR count). The van der Waals surface area contributed by atoms with E-state index in [1.165, 1.54) is 0 Å². The molecule has 0 aromatic carbocycles. The van der Waals surface area contributed by atoms with Gasteiger partial charge in [-0.25, -0.2) is 4.37 Å². The summed E-state index contributed by atoms with van der Waals surface area (Å²) >= 11 is 1.15. The van der Waals surface area contributed by atoms with Gasteiger partial charge in [-0.3, -0.25) is 4.79 Å². The highest BCUT2D eigenvalue weighted by Gasteiger charge is 2.21. The molecule has 7 heteroatoms. The number of nitrogens with zero attached hydrogens (tertiary/aromatic N) is 3. The molecule has 0 fully saturated rings. The van der Waals surface area contributed by atoms with Crippen molar-refractivity contribution >= 4 is 17.4 Å². The van der Waals surface area contributed by atoms with Crippen molar-refractivity contribution in [3.8, 4) is 0 Å². The lowest BCUT2D eigenvalue weighted by Gasteiger charge is -2.10. The molecule has 2 aromatic heterocycles. The van der Waals surface area contributed by atoms with Crippen LogP contribution in [0.15, 0.2) is 16.8 Å². The van der Waals surface area contributed by atoms with Gasteiger partial charge in [0.1, 0.15) is 4.88 Å². The van der Waals surface area contributed by atoms with Crippen LogP contribution >= 0.6 is 11.5 Å².